The fraction of sp³-hybridized carbons (Fsp3) is 0.714. The molecule has 0 spiro atoms. The fourth-order valence-corrected chi connectivity index (χ4v) is 1.18. The molecule has 0 aliphatic heterocycles. The van der Waals surface area contributed by atoms with E-state index in [1.807, 2.05) is 20.8 Å². The van der Waals surface area contributed by atoms with Gasteiger partial charge in [0.25, 0.3) is 5.88 Å². The van der Waals surface area contributed by atoms with Crippen molar-refractivity contribution in [3.05, 3.63) is 5.15 Å². The van der Waals surface area contributed by atoms with Crippen LogP contribution in [0.5, 0.6) is 5.88 Å². The van der Waals surface area contributed by atoms with E-state index in [9.17, 15) is 0 Å². The van der Waals surface area contributed by atoms with Crippen LogP contribution in [-0.4, -0.2) is 14.3 Å². The predicted octanol–water partition coefficient (Wildman–Crippen LogP) is 2.76. The summed E-state index contributed by atoms with van der Waals surface area (Å²) in [7, 11) is 0. The van der Waals surface area contributed by atoms with Gasteiger partial charge in [-0.15, -0.1) is 4.37 Å². The molecular formula is C7H11ClN2OS. The van der Waals surface area contributed by atoms with Crippen LogP contribution in [0.3, 0.4) is 0 Å². The van der Waals surface area contributed by atoms with Crippen molar-refractivity contribution in [2.75, 3.05) is 0 Å². The molecule has 1 aromatic rings. The van der Waals surface area contributed by atoms with Crippen LogP contribution in [0.15, 0.2) is 0 Å². The van der Waals surface area contributed by atoms with Gasteiger partial charge in [-0.25, -0.2) is 0 Å². The van der Waals surface area contributed by atoms with Crippen LogP contribution in [0.1, 0.15) is 27.2 Å². The lowest BCUT2D eigenvalue weighted by atomic mass is 10.1. The summed E-state index contributed by atoms with van der Waals surface area (Å²) in [5.41, 5.74) is -0.223. The number of nitrogens with zero attached hydrogens (tertiary/aromatic N) is 2. The van der Waals surface area contributed by atoms with Crippen LogP contribution >= 0.6 is 23.3 Å². The first kappa shape index (κ1) is 9.74. The Kier molecular flexibility index (Phi) is 2.90. The molecule has 0 saturated carbocycles. The second-order valence-electron chi connectivity index (χ2n) is 3.08. The van der Waals surface area contributed by atoms with E-state index >= 15 is 0 Å². The largest absolute Gasteiger partial charge is 0.469 e. The van der Waals surface area contributed by atoms with Crippen molar-refractivity contribution < 1.29 is 4.74 Å². The molecule has 0 aliphatic rings. The zero-order chi connectivity index (χ0) is 9.19. The number of aromatic nitrogens is 2. The van der Waals surface area contributed by atoms with Crippen molar-refractivity contribution in [2.45, 2.75) is 32.8 Å². The van der Waals surface area contributed by atoms with Gasteiger partial charge in [-0.1, -0.05) is 18.5 Å². The van der Waals surface area contributed by atoms with E-state index in [-0.39, 0.29) is 5.60 Å². The number of hydrogen-bond donors (Lipinski definition) is 0. The molecule has 0 bridgehead atoms. The van der Waals surface area contributed by atoms with E-state index in [0.717, 1.165) is 18.1 Å². The highest BCUT2D eigenvalue weighted by Gasteiger charge is 2.20. The van der Waals surface area contributed by atoms with Crippen molar-refractivity contribution in [1.82, 2.24) is 8.75 Å². The standard InChI is InChI=1S/C7H11ClN2OS/c1-4-7(2,3)11-6-5(8)9-12-10-6/h4H2,1-3H3. The Bertz CT molecular complexity index is 262. The molecular weight excluding hydrogens is 196 g/mol. The zero-order valence-corrected chi connectivity index (χ0v) is 8.87. The minimum atomic E-state index is -0.223. The third kappa shape index (κ3) is 2.32. The van der Waals surface area contributed by atoms with E-state index in [1.54, 1.807) is 0 Å². The summed E-state index contributed by atoms with van der Waals surface area (Å²) in [6.07, 6.45) is 0.904. The Morgan fingerprint density at radius 2 is 2.17 bits per heavy atom. The molecule has 0 atom stereocenters. The molecule has 12 heavy (non-hydrogen) atoms. The van der Waals surface area contributed by atoms with Gasteiger partial charge in [-0.2, -0.15) is 4.37 Å². The van der Waals surface area contributed by atoms with Crippen LogP contribution in [0.2, 0.25) is 5.15 Å². The molecule has 0 N–H and O–H groups in total. The molecule has 0 aliphatic carbocycles. The van der Waals surface area contributed by atoms with Gasteiger partial charge >= 0.3 is 0 Å². The highest BCUT2D eigenvalue weighted by atomic mass is 35.5. The van der Waals surface area contributed by atoms with E-state index in [4.69, 9.17) is 16.3 Å². The lowest BCUT2D eigenvalue weighted by Crippen LogP contribution is -2.27. The third-order valence-electron chi connectivity index (χ3n) is 1.65. The van der Waals surface area contributed by atoms with Gasteiger partial charge in [-0.3, -0.25) is 0 Å². The number of halogens is 1. The van der Waals surface area contributed by atoms with Gasteiger partial charge in [0.05, 0.1) is 11.7 Å². The highest BCUT2D eigenvalue weighted by molar-refractivity contribution is 6.99. The number of rotatable bonds is 3. The normalized spacial score (nSPS) is 11.7. The van der Waals surface area contributed by atoms with E-state index in [2.05, 4.69) is 8.75 Å². The van der Waals surface area contributed by atoms with E-state index in [0.29, 0.717) is 11.0 Å². The van der Waals surface area contributed by atoms with Crippen LogP contribution in [0.4, 0.5) is 0 Å². The molecule has 0 aromatic carbocycles. The second-order valence-corrected chi connectivity index (χ2v) is 3.96. The monoisotopic (exact) mass is 206 g/mol. The number of hydrogen-bond acceptors (Lipinski definition) is 4. The van der Waals surface area contributed by atoms with Crippen molar-refractivity contribution >= 4 is 23.3 Å². The lowest BCUT2D eigenvalue weighted by molar-refractivity contribution is 0.100. The van der Waals surface area contributed by atoms with Crippen LogP contribution < -0.4 is 4.74 Å². The first-order valence-corrected chi connectivity index (χ1v) is 4.83. The molecule has 0 radical (unpaired) electrons. The maximum atomic E-state index is 5.71. The van der Waals surface area contributed by atoms with Gasteiger partial charge in [-0.05, 0) is 20.3 Å². The lowest BCUT2D eigenvalue weighted by Gasteiger charge is -2.22. The maximum absolute atomic E-state index is 5.71. The Balaban J connectivity index is 2.70. The first-order valence-electron chi connectivity index (χ1n) is 3.72. The Hall–Kier alpha value is -0.350. The SMILES string of the molecule is CCC(C)(C)Oc1nsnc1Cl. The molecule has 68 valence electrons. The van der Waals surface area contributed by atoms with Crippen molar-refractivity contribution in [3.63, 3.8) is 0 Å². The summed E-state index contributed by atoms with van der Waals surface area (Å²) in [6, 6.07) is 0. The van der Waals surface area contributed by atoms with Gasteiger partial charge < -0.3 is 4.74 Å². The summed E-state index contributed by atoms with van der Waals surface area (Å²) in [4.78, 5) is 0. The molecule has 1 rings (SSSR count). The Labute approximate surface area is 81.0 Å². The summed E-state index contributed by atoms with van der Waals surface area (Å²) in [5, 5.41) is 0.349. The quantitative estimate of drug-likeness (QED) is 0.763. The topological polar surface area (TPSA) is 35.0 Å². The zero-order valence-electron chi connectivity index (χ0n) is 7.30. The van der Waals surface area contributed by atoms with Crippen LogP contribution in [-0.2, 0) is 0 Å². The molecule has 0 saturated heterocycles. The fourth-order valence-electron chi connectivity index (χ4n) is 0.565. The molecule has 1 aromatic heterocycles. The smallest absolute Gasteiger partial charge is 0.265 e. The minimum Gasteiger partial charge on any atom is -0.469 e. The van der Waals surface area contributed by atoms with Crippen LogP contribution in [0.25, 0.3) is 0 Å². The summed E-state index contributed by atoms with van der Waals surface area (Å²) >= 11 is 6.78. The van der Waals surface area contributed by atoms with Crippen LogP contribution in [0, 0.1) is 0 Å². The van der Waals surface area contributed by atoms with Gasteiger partial charge in [0.15, 0.2) is 0 Å². The Morgan fingerprint density at radius 1 is 1.50 bits per heavy atom. The summed E-state index contributed by atoms with van der Waals surface area (Å²) in [5.74, 6) is 0.438. The summed E-state index contributed by atoms with van der Waals surface area (Å²) < 4.78 is 13.3. The minimum absolute atomic E-state index is 0.223. The molecule has 3 nitrogen and oxygen atoms in total. The summed E-state index contributed by atoms with van der Waals surface area (Å²) in [6.45, 7) is 6.03. The number of ether oxygens (including phenoxy) is 1. The molecule has 0 unspecified atom stereocenters. The second kappa shape index (κ2) is 3.58. The average Bonchev–Trinajstić information content (AvgIpc) is 2.36. The Morgan fingerprint density at radius 3 is 2.58 bits per heavy atom. The van der Waals surface area contributed by atoms with Crippen molar-refractivity contribution in [1.29, 1.82) is 0 Å². The molecule has 1 heterocycles. The van der Waals surface area contributed by atoms with Crippen molar-refractivity contribution in [3.8, 4) is 5.88 Å². The predicted molar refractivity (Wildman–Crippen MR) is 49.9 cm³/mol. The molecule has 0 fully saturated rings. The van der Waals surface area contributed by atoms with Gasteiger partial charge in [0.2, 0.25) is 5.15 Å². The van der Waals surface area contributed by atoms with Crippen molar-refractivity contribution in [2.24, 2.45) is 0 Å². The molecule has 5 heteroatoms. The van der Waals surface area contributed by atoms with Gasteiger partial charge in [0.1, 0.15) is 5.60 Å². The van der Waals surface area contributed by atoms with Gasteiger partial charge in [0, 0.05) is 0 Å². The molecule has 0 amide bonds. The van der Waals surface area contributed by atoms with E-state index < -0.39 is 0 Å². The maximum Gasteiger partial charge on any atom is 0.265 e. The third-order valence-corrected chi connectivity index (χ3v) is 2.50. The highest BCUT2D eigenvalue weighted by Crippen LogP contribution is 2.26. The van der Waals surface area contributed by atoms with E-state index in [1.165, 1.54) is 0 Å². The first-order chi connectivity index (χ1) is 5.55. The average molecular weight is 207 g/mol.